The lowest BCUT2D eigenvalue weighted by atomic mass is 9.96. The molecule has 0 amide bonds. The van der Waals surface area contributed by atoms with Gasteiger partial charge in [-0.1, -0.05) is 42.4 Å². The van der Waals surface area contributed by atoms with Gasteiger partial charge in [-0.2, -0.15) is 0 Å². The summed E-state index contributed by atoms with van der Waals surface area (Å²) in [6.07, 6.45) is 0.420. The topological polar surface area (TPSA) is 17.1 Å². The third-order valence-corrected chi connectivity index (χ3v) is 3.54. The molecule has 1 aliphatic rings. The van der Waals surface area contributed by atoms with Gasteiger partial charge in [0.2, 0.25) is 0 Å². The zero-order chi connectivity index (χ0) is 12.7. The second kappa shape index (κ2) is 4.11. The van der Waals surface area contributed by atoms with Gasteiger partial charge in [0.1, 0.15) is 0 Å². The Labute approximate surface area is 111 Å². The summed E-state index contributed by atoms with van der Waals surface area (Å²) in [6, 6.07) is 13.2. The Balaban J connectivity index is 2.30. The van der Waals surface area contributed by atoms with Gasteiger partial charge in [-0.25, -0.2) is 0 Å². The predicted molar refractivity (Wildman–Crippen MR) is 74.1 cm³/mol. The van der Waals surface area contributed by atoms with E-state index in [2.05, 4.69) is 6.58 Å². The van der Waals surface area contributed by atoms with E-state index >= 15 is 0 Å². The van der Waals surface area contributed by atoms with Crippen LogP contribution in [0.5, 0.6) is 0 Å². The summed E-state index contributed by atoms with van der Waals surface area (Å²) >= 11 is 6.02. The van der Waals surface area contributed by atoms with Crippen LogP contribution in [0.2, 0.25) is 5.02 Å². The Morgan fingerprint density at radius 1 is 1.00 bits per heavy atom. The van der Waals surface area contributed by atoms with Crippen LogP contribution in [-0.2, 0) is 6.42 Å². The van der Waals surface area contributed by atoms with Crippen molar-refractivity contribution >= 4 is 23.0 Å². The highest BCUT2D eigenvalue weighted by Gasteiger charge is 2.21. The molecule has 0 aliphatic heterocycles. The predicted octanol–water partition coefficient (Wildman–Crippen LogP) is 4.14. The molecular formula is C16H11ClO. The molecule has 18 heavy (non-hydrogen) atoms. The van der Waals surface area contributed by atoms with Crippen LogP contribution in [0.15, 0.2) is 49.0 Å². The minimum atomic E-state index is 0.118. The number of carbonyl (C=O) groups excluding carboxylic acids is 1. The number of ketones is 1. The molecule has 2 heteroatoms. The molecule has 0 N–H and O–H groups in total. The standard InChI is InChI=1S/C16H11ClO/c1-10-13-5-3-2-4-11(13)8-16(18)14-7-6-12(17)9-15(10)14/h2-7,9H,1,8H2. The minimum absolute atomic E-state index is 0.118. The van der Waals surface area contributed by atoms with Crippen molar-refractivity contribution in [3.05, 3.63) is 76.3 Å². The molecule has 0 saturated heterocycles. The van der Waals surface area contributed by atoms with E-state index in [1.165, 1.54) is 0 Å². The number of hydrogen-bond acceptors (Lipinski definition) is 1. The zero-order valence-corrected chi connectivity index (χ0v) is 10.5. The van der Waals surface area contributed by atoms with Crippen LogP contribution in [-0.4, -0.2) is 5.78 Å². The molecule has 0 atom stereocenters. The molecule has 1 aliphatic carbocycles. The first-order valence-corrected chi connectivity index (χ1v) is 6.15. The van der Waals surface area contributed by atoms with Crippen molar-refractivity contribution in [1.29, 1.82) is 0 Å². The van der Waals surface area contributed by atoms with Gasteiger partial charge in [0, 0.05) is 17.0 Å². The van der Waals surface area contributed by atoms with Crippen molar-refractivity contribution in [2.75, 3.05) is 0 Å². The van der Waals surface area contributed by atoms with Crippen LogP contribution < -0.4 is 0 Å². The first kappa shape index (κ1) is 11.2. The summed E-state index contributed by atoms with van der Waals surface area (Å²) in [6.45, 7) is 4.12. The average Bonchev–Trinajstić information content (AvgIpc) is 2.47. The van der Waals surface area contributed by atoms with Crippen molar-refractivity contribution in [2.24, 2.45) is 0 Å². The van der Waals surface area contributed by atoms with Crippen LogP contribution in [0.4, 0.5) is 0 Å². The molecule has 2 aromatic rings. The van der Waals surface area contributed by atoms with Crippen LogP contribution in [0.3, 0.4) is 0 Å². The summed E-state index contributed by atoms with van der Waals surface area (Å²) in [7, 11) is 0. The third kappa shape index (κ3) is 1.68. The summed E-state index contributed by atoms with van der Waals surface area (Å²) in [4.78, 5) is 12.2. The normalized spacial score (nSPS) is 13.8. The molecule has 0 aromatic heterocycles. The number of fused-ring (bicyclic) bond motifs is 2. The van der Waals surface area contributed by atoms with Crippen molar-refractivity contribution in [3.8, 4) is 0 Å². The summed E-state index contributed by atoms with van der Waals surface area (Å²) in [5.41, 5.74) is 4.48. The van der Waals surface area contributed by atoms with E-state index in [4.69, 9.17) is 11.6 Å². The maximum Gasteiger partial charge on any atom is 0.167 e. The number of hydrogen-bond donors (Lipinski definition) is 0. The Morgan fingerprint density at radius 2 is 1.78 bits per heavy atom. The summed E-state index contributed by atoms with van der Waals surface area (Å²) < 4.78 is 0. The van der Waals surface area contributed by atoms with Crippen LogP contribution in [0.25, 0.3) is 5.57 Å². The highest BCUT2D eigenvalue weighted by molar-refractivity contribution is 6.31. The van der Waals surface area contributed by atoms with Gasteiger partial charge in [-0.3, -0.25) is 4.79 Å². The highest BCUT2D eigenvalue weighted by atomic mass is 35.5. The van der Waals surface area contributed by atoms with E-state index in [1.807, 2.05) is 30.3 Å². The van der Waals surface area contributed by atoms with Crippen LogP contribution in [0.1, 0.15) is 27.0 Å². The largest absolute Gasteiger partial charge is 0.294 e. The number of halogens is 1. The molecular weight excluding hydrogens is 244 g/mol. The summed E-state index contributed by atoms with van der Waals surface area (Å²) in [5, 5.41) is 0.627. The lowest BCUT2D eigenvalue weighted by Crippen LogP contribution is -2.03. The Hall–Kier alpha value is -1.86. The van der Waals surface area contributed by atoms with E-state index in [-0.39, 0.29) is 5.78 Å². The smallest absolute Gasteiger partial charge is 0.167 e. The van der Waals surface area contributed by atoms with E-state index in [9.17, 15) is 4.79 Å². The lowest BCUT2D eigenvalue weighted by Gasteiger charge is -2.09. The second-order valence-electron chi connectivity index (χ2n) is 4.43. The number of Topliss-reactive ketones (excluding diaryl/α,β-unsaturated/α-hetero) is 1. The van der Waals surface area contributed by atoms with Gasteiger partial charge < -0.3 is 0 Å². The first-order valence-electron chi connectivity index (χ1n) is 5.77. The fourth-order valence-electron chi connectivity index (χ4n) is 2.39. The van der Waals surface area contributed by atoms with E-state index < -0.39 is 0 Å². The van der Waals surface area contributed by atoms with E-state index in [1.54, 1.807) is 12.1 Å². The van der Waals surface area contributed by atoms with Gasteiger partial charge in [-0.15, -0.1) is 0 Å². The maximum absolute atomic E-state index is 12.2. The van der Waals surface area contributed by atoms with Gasteiger partial charge in [0.15, 0.2) is 5.78 Å². The molecule has 3 rings (SSSR count). The Bertz CT molecular complexity index is 671. The van der Waals surface area contributed by atoms with Gasteiger partial charge in [0.05, 0.1) is 0 Å². The molecule has 1 nitrogen and oxygen atoms in total. The molecule has 0 radical (unpaired) electrons. The molecule has 0 spiro atoms. The SMILES string of the molecule is C=C1c2ccccc2CC(=O)c2ccc(Cl)cc21. The third-order valence-electron chi connectivity index (χ3n) is 3.30. The number of carbonyl (C=O) groups is 1. The molecule has 0 saturated carbocycles. The van der Waals surface area contributed by atoms with Crippen molar-refractivity contribution in [3.63, 3.8) is 0 Å². The maximum atomic E-state index is 12.2. The minimum Gasteiger partial charge on any atom is -0.294 e. The Kier molecular flexibility index (Phi) is 2.57. The first-order chi connectivity index (χ1) is 8.66. The van der Waals surface area contributed by atoms with Crippen molar-refractivity contribution in [2.45, 2.75) is 6.42 Å². The zero-order valence-electron chi connectivity index (χ0n) is 9.74. The molecule has 0 fully saturated rings. The van der Waals surface area contributed by atoms with Gasteiger partial charge in [0.25, 0.3) is 0 Å². The van der Waals surface area contributed by atoms with Gasteiger partial charge >= 0.3 is 0 Å². The fraction of sp³-hybridized carbons (Fsp3) is 0.0625. The molecule has 0 heterocycles. The lowest BCUT2D eigenvalue weighted by molar-refractivity contribution is 0.0993. The molecule has 2 aromatic carbocycles. The van der Waals surface area contributed by atoms with Crippen molar-refractivity contribution in [1.82, 2.24) is 0 Å². The monoisotopic (exact) mass is 254 g/mol. The van der Waals surface area contributed by atoms with Gasteiger partial charge in [-0.05, 0) is 40.5 Å². The number of rotatable bonds is 0. The molecule has 0 unspecified atom stereocenters. The number of benzene rings is 2. The quantitative estimate of drug-likeness (QED) is 0.691. The molecule has 0 bridgehead atoms. The highest BCUT2D eigenvalue weighted by Crippen LogP contribution is 2.33. The summed E-state index contributed by atoms with van der Waals surface area (Å²) in [5.74, 6) is 0.118. The fourth-order valence-corrected chi connectivity index (χ4v) is 2.56. The van der Waals surface area contributed by atoms with E-state index in [0.717, 1.165) is 22.3 Å². The average molecular weight is 255 g/mol. The molecule has 88 valence electrons. The van der Waals surface area contributed by atoms with Crippen LogP contribution in [0, 0.1) is 0 Å². The van der Waals surface area contributed by atoms with Crippen LogP contribution >= 0.6 is 11.6 Å². The van der Waals surface area contributed by atoms with E-state index in [0.29, 0.717) is 17.0 Å². The second-order valence-corrected chi connectivity index (χ2v) is 4.86. The Morgan fingerprint density at radius 3 is 2.61 bits per heavy atom. The van der Waals surface area contributed by atoms with Crippen molar-refractivity contribution < 1.29 is 4.79 Å².